The number of morpholine rings is 1. The molecule has 2 rings (SSSR count). The van der Waals surface area contributed by atoms with Crippen LogP contribution in [0.4, 0.5) is 11.9 Å². The molecule has 104 valence electrons. The summed E-state index contributed by atoms with van der Waals surface area (Å²) >= 11 is 5.76. The lowest BCUT2D eigenvalue weighted by molar-refractivity contribution is -0.124. The number of rotatable bonds is 3. The summed E-state index contributed by atoms with van der Waals surface area (Å²) in [7, 11) is 0. The summed E-state index contributed by atoms with van der Waals surface area (Å²) < 4.78 is 5.32. The molecule has 1 aromatic heterocycles. The van der Waals surface area contributed by atoms with E-state index in [2.05, 4.69) is 20.3 Å². The Morgan fingerprint density at radius 2 is 2.37 bits per heavy atom. The van der Waals surface area contributed by atoms with Gasteiger partial charge in [0.2, 0.25) is 23.1 Å². The number of aromatic nitrogens is 3. The number of ether oxygens (including phenoxy) is 1. The van der Waals surface area contributed by atoms with Crippen molar-refractivity contribution in [2.24, 2.45) is 0 Å². The van der Waals surface area contributed by atoms with Gasteiger partial charge in [0.05, 0.1) is 13.2 Å². The van der Waals surface area contributed by atoms with E-state index in [-0.39, 0.29) is 29.7 Å². The van der Waals surface area contributed by atoms with Gasteiger partial charge in [-0.2, -0.15) is 15.0 Å². The topological polar surface area (TPSA) is 106 Å². The summed E-state index contributed by atoms with van der Waals surface area (Å²) in [5.74, 6) is 0.172. The van der Waals surface area contributed by atoms with Crippen LogP contribution in [0.25, 0.3) is 0 Å². The molecule has 8 nitrogen and oxygen atoms in total. The number of nitrogens with zero attached hydrogens (tertiary/aromatic N) is 4. The first kappa shape index (κ1) is 13.8. The molecule has 3 N–H and O–H groups in total. The quantitative estimate of drug-likeness (QED) is 0.768. The van der Waals surface area contributed by atoms with Crippen molar-refractivity contribution in [1.29, 1.82) is 0 Å². The first-order valence-electron chi connectivity index (χ1n) is 5.91. The van der Waals surface area contributed by atoms with Crippen molar-refractivity contribution < 1.29 is 9.53 Å². The van der Waals surface area contributed by atoms with Gasteiger partial charge in [0.1, 0.15) is 6.04 Å². The third-order valence-electron chi connectivity index (χ3n) is 2.65. The maximum absolute atomic E-state index is 12.0. The number of nitrogens with one attached hydrogen (secondary N) is 1. The van der Waals surface area contributed by atoms with Crippen LogP contribution >= 0.6 is 11.6 Å². The van der Waals surface area contributed by atoms with Gasteiger partial charge >= 0.3 is 0 Å². The molecule has 1 saturated heterocycles. The lowest BCUT2D eigenvalue weighted by Gasteiger charge is -2.34. The second-order valence-electron chi connectivity index (χ2n) is 3.94. The predicted molar refractivity (Wildman–Crippen MR) is 69.9 cm³/mol. The fraction of sp³-hybridized carbons (Fsp3) is 0.600. The summed E-state index contributed by atoms with van der Waals surface area (Å²) in [6, 6.07) is -0.494. The fourth-order valence-electron chi connectivity index (χ4n) is 1.84. The zero-order chi connectivity index (χ0) is 13.8. The largest absolute Gasteiger partial charge is 0.377 e. The number of halogens is 1. The molecule has 1 unspecified atom stereocenters. The number of amides is 1. The fourth-order valence-corrected chi connectivity index (χ4v) is 2.00. The van der Waals surface area contributed by atoms with Gasteiger partial charge in [-0.05, 0) is 18.5 Å². The van der Waals surface area contributed by atoms with E-state index in [1.807, 2.05) is 6.92 Å². The Morgan fingerprint density at radius 1 is 1.58 bits per heavy atom. The normalized spacial score (nSPS) is 19.3. The molecule has 0 bridgehead atoms. The van der Waals surface area contributed by atoms with Crippen LogP contribution in [-0.2, 0) is 9.53 Å². The van der Waals surface area contributed by atoms with Crippen LogP contribution in [0.2, 0.25) is 5.28 Å². The summed E-state index contributed by atoms with van der Waals surface area (Å²) in [4.78, 5) is 25.4. The third-order valence-corrected chi connectivity index (χ3v) is 2.82. The van der Waals surface area contributed by atoms with Crippen molar-refractivity contribution in [3.05, 3.63) is 5.28 Å². The number of hydrogen-bond acceptors (Lipinski definition) is 7. The third kappa shape index (κ3) is 3.21. The lowest BCUT2D eigenvalue weighted by Crippen LogP contribution is -2.54. The second kappa shape index (κ2) is 5.98. The minimum absolute atomic E-state index is 0.00337. The SMILES string of the molecule is CCNC(=O)C1COCCN1c1nc(N)nc(Cl)n1. The van der Waals surface area contributed by atoms with Crippen LogP contribution in [0.5, 0.6) is 0 Å². The van der Waals surface area contributed by atoms with Crippen molar-refractivity contribution in [3.8, 4) is 0 Å². The Labute approximate surface area is 115 Å². The Bertz CT molecular complexity index is 451. The Kier molecular flexibility index (Phi) is 4.33. The first-order chi connectivity index (χ1) is 9.11. The van der Waals surface area contributed by atoms with E-state index in [1.165, 1.54) is 0 Å². The molecule has 0 saturated carbocycles. The summed E-state index contributed by atoms with van der Waals surface area (Å²) in [5, 5.41) is 2.75. The highest BCUT2D eigenvalue weighted by Gasteiger charge is 2.31. The number of carbonyl (C=O) groups excluding carboxylic acids is 1. The molecular weight excluding hydrogens is 272 g/mol. The minimum Gasteiger partial charge on any atom is -0.377 e. The maximum atomic E-state index is 12.0. The number of hydrogen-bond donors (Lipinski definition) is 2. The highest BCUT2D eigenvalue weighted by molar-refractivity contribution is 6.28. The van der Waals surface area contributed by atoms with Crippen LogP contribution in [0.3, 0.4) is 0 Å². The van der Waals surface area contributed by atoms with Gasteiger partial charge in [-0.25, -0.2) is 0 Å². The van der Waals surface area contributed by atoms with E-state index in [1.54, 1.807) is 4.90 Å². The van der Waals surface area contributed by atoms with Crippen molar-refractivity contribution in [1.82, 2.24) is 20.3 Å². The summed E-state index contributed by atoms with van der Waals surface area (Å²) in [6.45, 7) is 3.64. The summed E-state index contributed by atoms with van der Waals surface area (Å²) in [6.07, 6.45) is 0. The van der Waals surface area contributed by atoms with Gasteiger partial charge in [-0.15, -0.1) is 0 Å². The smallest absolute Gasteiger partial charge is 0.245 e. The van der Waals surface area contributed by atoms with Crippen LogP contribution in [0, 0.1) is 0 Å². The van der Waals surface area contributed by atoms with E-state index in [0.717, 1.165) is 0 Å². The second-order valence-corrected chi connectivity index (χ2v) is 4.28. The van der Waals surface area contributed by atoms with Crippen molar-refractivity contribution in [3.63, 3.8) is 0 Å². The van der Waals surface area contributed by atoms with Crippen molar-refractivity contribution in [2.75, 3.05) is 36.9 Å². The Hall–Kier alpha value is -1.67. The molecule has 2 heterocycles. The zero-order valence-corrected chi connectivity index (χ0v) is 11.2. The molecule has 1 aromatic rings. The minimum atomic E-state index is -0.494. The molecule has 19 heavy (non-hydrogen) atoms. The van der Waals surface area contributed by atoms with E-state index in [0.29, 0.717) is 19.7 Å². The van der Waals surface area contributed by atoms with E-state index in [4.69, 9.17) is 22.1 Å². The highest BCUT2D eigenvalue weighted by atomic mass is 35.5. The summed E-state index contributed by atoms with van der Waals surface area (Å²) in [5.41, 5.74) is 5.54. The number of carbonyl (C=O) groups is 1. The number of nitrogens with two attached hydrogens (primary N) is 1. The zero-order valence-electron chi connectivity index (χ0n) is 10.5. The molecule has 1 atom stereocenters. The maximum Gasteiger partial charge on any atom is 0.245 e. The highest BCUT2D eigenvalue weighted by Crippen LogP contribution is 2.17. The van der Waals surface area contributed by atoms with Gasteiger partial charge in [0, 0.05) is 13.1 Å². The Morgan fingerprint density at radius 3 is 3.05 bits per heavy atom. The van der Waals surface area contributed by atoms with Gasteiger partial charge in [-0.3, -0.25) is 4.79 Å². The number of likely N-dealkylation sites (N-methyl/N-ethyl adjacent to an activating group) is 1. The Balaban J connectivity index is 2.25. The van der Waals surface area contributed by atoms with Crippen LogP contribution in [-0.4, -0.2) is 53.2 Å². The van der Waals surface area contributed by atoms with E-state index < -0.39 is 6.04 Å². The van der Waals surface area contributed by atoms with E-state index in [9.17, 15) is 4.79 Å². The van der Waals surface area contributed by atoms with Crippen LogP contribution in [0.1, 0.15) is 6.92 Å². The lowest BCUT2D eigenvalue weighted by atomic mass is 10.2. The van der Waals surface area contributed by atoms with Crippen LogP contribution < -0.4 is 16.0 Å². The average Bonchev–Trinajstić information content (AvgIpc) is 2.38. The molecule has 0 spiro atoms. The molecule has 1 amide bonds. The number of anilines is 2. The standard InChI is InChI=1S/C10H15ClN6O2/c1-2-13-7(18)6-5-19-4-3-17(6)10-15-8(11)14-9(12)16-10/h6H,2-5H2,1H3,(H,13,18)(H2,12,14,15,16). The molecule has 9 heteroatoms. The predicted octanol–water partition coefficient (Wildman–Crippen LogP) is -0.551. The van der Waals surface area contributed by atoms with Crippen molar-refractivity contribution in [2.45, 2.75) is 13.0 Å². The molecular formula is C10H15ClN6O2. The van der Waals surface area contributed by atoms with E-state index >= 15 is 0 Å². The molecule has 1 aliphatic heterocycles. The average molecular weight is 287 g/mol. The molecule has 0 aromatic carbocycles. The van der Waals surface area contributed by atoms with Crippen LogP contribution in [0.15, 0.2) is 0 Å². The van der Waals surface area contributed by atoms with Crippen molar-refractivity contribution >= 4 is 29.4 Å². The molecule has 1 aliphatic rings. The van der Waals surface area contributed by atoms with Gasteiger partial charge in [0.15, 0.2) is 0 Å². The van der Waals surface area contributed by atoms with Gasteiger partial charge < -0.3 is 20.7 Å². The molecule has 1 fully saturated rings. The van der Waals surface area contributed by atoms with Gasteiger partial charge in [-0.1, -0.05) is 0 Å². The van der Waals surface area contributed by atoms with Gasteiger partial charge in [0.25, 0.3) is 0 Å². The molecule has 0 radical (unpaired) electrons. The molecule has 0 aliphatic carbocycles. The monoisotopic (exact) mass is 286 g/mol. The first-order valence-corrected chi connectivity index (χ1v) is 6.28. The number of nitrogen functional groups attached to an aromatic ring is 1.